The Hall–Kier alpha value is -4.69. The number of anilines is 1. The fourth-order valence-corrected chi connectivity index (χ4v) is 5.42. The lowest BCUT2D eigenvalue weighted by molar-refractivity contribution is 0.0904. The van der Waals surface area contributed by atoms with Gasteiger partial charge in [-0.1, -0.05) is 30.6 Å². The number of nitrogens with one attached hydrogen (secondary N) is 3. The maximum atomic E-state index is 13.3. The number of hydrogen-bond acceptors (Lipinski definition) is 7. The lowest BCUT2D eigenvalue weighted by Crippen LogP contribution is -2.30. The summed E-state index contributed by atoms with van der Waals surface area (Å²) < 4.78 is 7.46. The van der Waals surface area contributed by atoms with Crippen molar-refractivity contribution in [2.24, 2.45) is 0 Å². The number of rotatable bonds is 10. The third-order valence-corrected chi connectivity index (χ3v) is 7.85. The number of nitrogens with zero attached hydrogens (tertiary/aromatic N) is 4. The predicted octanol–water partition coefficient (Wildman–Crippen LogP) is 2.59. The highest BCUT2D eigenvalue weighted by Crippen LogP contribution is 2.31. The zero-order valence-corrected chi connectivity index (χ0v) is 24.9. The Kier molecular flexibility index (Phi) is 9.37. The molecule has 0 spiro atoms. The van der Waals surface area contributed by atoms with Crippen molar-refractivity contribution in [2.75, 3.05) is 18.5 Å². The molecule has 4 aromatic rings. The molecule has 5 rings (SSSR count). The SMILES string of the molecule is Bc1cc(CNC(=O)c2cccc(C(=O)NCc3c(CC)nc4c(cnn4CC)c3NC3CCOCC3)c2)ccc1C#N. The highest BCUT2D eigenvalue weighted by Gasteiger charge is 2.22. The van der Waals surface area contributed by atoms with Crippen LogP contribution in [0, 0.1) is 11.3 Å². The Morgan fingerprint density at radius 3 is 2.44 bits per heavy atom. The molecule has 10 nitrogen and oxygen atoms in total. The fraction of sp³-hybridized carbons (Fsp3) is 0.344. The molecule has 1 saturated heterocycles. The van der Waals surface area contributed by atoms with Gasteiger partial charge in [-0.25, -0.2) is 9.67 Å². The van der Waals surface area contributed by atoms with E-state index in [1.54, 1.807) is 30.3 Å². The number of nitriles is 1. The van der Waals surface area contributed by atoms with Crippen molar-refractivity contribution in [1.29, 1.82) is 5.26 Å². The van der Waals surface area contributed by atoms with Crippen LogP contribution in [0.3, 0.4) is 0 Å². The number of pyridine rings is 1. The van der Waals surface area contributed by atoms with E-state index in [9.17, 15) is 9.59 Å². The topological polar surface area (TPSA) is 134 Å². The van der Waals surface area contributed by atoms with Crippen molar-refractivity contribution in [3.63, 3.8) is 0 Å². The molecule has 11 heteroatoms. The fourth-order valence-electron chi connectivity index (χ4n) is 5.42. The number of benzene rings is 2. The van der Waals surface area contributed by atoms with Gasteiger partial charge in [0, 0.05) is 66.8 Å². The van der Waals surface area contributed by atoms with E-state index in [2.05, 4.69) is 34.0 Å². The molecule has 1 fully saturated rings. The Morgan fingerprint density at radius 1 is 1.07 bits per heavy atom. The van der Waals surface area contributed by atoms with Crippen LogP contribution in [0.25, 0.3) is 11.0 Å². The number of aryl methyl sites for hydroxylation is 2. The molecule has 2 amide bonds. The molecule has 3 N–H and O–H groups in total. The first-order valence-corrected chi connectivity index (χ1v) is 14.8. The second-order valence-electron chi connectivity index (χ2n) is 10.7. The van der Waals surface area contributed by atoms with Crippen LogP contribution in [-0.2, 0) is 30.8 Å². The van der Waals surface area contributed by atoms with Gasteiger partial charge in [-0.2, -0.15) is 10.4 Å². The summed E-state index contributed by atoms with van der Waals surface area (Å²) in [4.78, 5) is 31.2. The normalized spacial score (nSPS) is 13.4. The summed E-state index contributed by atoms with van der Waals surface area (Å²) in [7, 11) is 1.87. The number of carbonyl (C=O) groups excluding carboxylic acids is 2. The molecule has 1 aliphatic rings. The Balaban J connectivity index is 1.32. The number of hydrogen-bond donors (Lipinski definition) is 3. The van der Waals surface area contributed by atoms with Gasteiger partial charge in [0.25, 0.3) is 11.8 Å². The molecule has 0 atom stereocenters. The predicted molar refractivity (Wildman–Crippen MR) is 168 cm³/mol. The number of ether oxygens (including phenoxy) is 1. The average molecular weight is 577 g/mol. The average Bonchev–Trinajstić information content (AvgIpc) is 3.46. The standard InChI is InChI=1S/C32H36BN7O3/c1-3-28-25(29(38-24-10-12-43-13-11-24)26-19-37-40(4-2)30(26)39-28)18-36-32(42)22-7-5-6-21(15-22)31(41)35-17-20-8-9-23(16-34)27(33)14-20/h5-9,14-15,19,24H,3-4,10-13,17-18,33H2,1-2H3,(H,35,41)(H,36,42)(H,38,39). The van der Waals surface area contributed by atoms with Crippen molar-refractivity contribution in [3.05, 3.63) is 82.2 Å². The molecule has 220 valence electrons. The van der Waals surface area contributed by atoms with Crippen LogP contribution in [0.4, 0.5) is 5.69 Å². The second-order valence-corrected chi connectivity index (χ2v) is 10.7. The van der Waals surface area contributed by atoms with Gasteiger partial charge in [-0.15, -0.1) is 0 Å². The zero-order valence-electron chi connectivity index (χ0n) is 24.9. The first-order chi connectivity index (χ1) is 20.9. The molecule has 0 radical (unpaired) electrons. The van der Waals surface area contributed by atoms with Gasteiger partial charge >= 0.3 is 0 Å². The number of carbonyl (C=O) groups is 2. The van der Waals surface area contributed by atoms with Crippen LogP contribution in [0.15, 0.2) is 48.7 Å². The van der Waals surface area contributed by atoms with Gasteiger partial charge in [-0.05, 0) is 56.0 Å². The van der Waals surface area contributed by atoms with E-state index in [1.165, 1.54) is 0 Å². The minimum absolute atomic E-state index is 0.256. The molecule has 3 heterocycles. The monoisotopic (exact) mass is 577 g/mol. The highest BCUT2D eigenvalue weighted by molar-refractivity contribution is 6.33. The summed E-state index contributed by atoms with van der Waals surface area (Å²) in [5.74, 6) is -0.559. The second kappa shape index (κ2) is 13.5. The largest absolute Gasteiger partial charge is 0.381 e. The molecule has 2 aromatic heterocycles. The molecule has 0 bridgehead atoms. The summed E-state index contributed by atoms with van der Waals surface area (Å²) in [6.07, 6.45) is 4.35. The van der Waals surface area contributed by atoms with Crippen molar-refractivity contribution < 1.29 is 14.3 Å². The van der Waals surface area contributed by atoms with Gasteiger partial charge in [0.1, 0.15) is 7.85 Å². The highest BCUT2D eigenvalue weighted by atomic mass is 16.5. The Bertz CT molecular complexity index is 1690. The van der Waals surface area contributed by atoms with Gasteiger partial charge < -0.3 is 20.7 Å². The minimum atomic E-state index is -0.282. The summed E-state index contributed by atoms with van der Waals surface area (Å²) in [6.45, 7) is 6.83. The molecule has 2 aromatic carbocycles. The van der Waals surface area contributed by atoms with E-state index in [0.29, 0.717) is 49.4 Å². The van der Waals surface area contributed by atoms with Gasteiger partial charge in [-0.3, -0.25) is 9.59 Å². The van der Waals surface area contributed by atoms with Gasteiger partial charge in [0.15, 0.2) is 5.65 Å². The summed E-state index contributed by atoms with van der Waals surface area (Å²) in [5, 5.41) is 24.3. The van der Waals surface area contributed by atoms with Crippen LogP contribution in [-0.4, -0.2) is 53.7 Å². The Labute approximate surface area is 252 Å². The maximum absolute atomic E-state index is 13.3. The smallest absolute Gasteiger partial charge is 0.251 e. The third-order valence-electron chi connectivity index (χ3n) is 7.85. The van der Waals surface area contributed by atoms with Crippen LogP contribution in [0.2, 0.25) is 0 Å². The maximum Gasteiger partial charge on any atom is 0.251 e. The van der Waals surface area contributed by atoms with Crippen LogP contribution < -0.4 is 21.4 Å². The first kappa shape index (κ1) is 29.8. The lowest BCUT2D eigenvalue weighted by atomic mass is 9.89. The molecule has 43 heavy (non-hydrogen) atoms. The summed E-state index contributed by atoms with van der Waals surface area (Å²) >= 11 is 0. The molecule has 1 aliphatic heterocycles. The molecular formula is C32H36BN7O3. The van der Waals surface area contributed by atoms with Gasteiger partial charge in [0.05, 0.1) is 23.3 Å². The Morgan fingerprint density at radius 2 is 1.79 bits per heavy atom. The quantitative estimate of drug-likeness (QED) is 0.247. The van der Waals surface area contributed by atoms with E-state index >= 15 is 0 Å². The van der Waals surface area contributed by atoms with Crippen LogP contribution in [0.5, 0.6) is 0 Å². The van der Waals surface area contributed by atoms with Crippen molar-refractivity contribution in [3.8, 4) is 6.07 Å². The first-order valence-electron chi connectivity index (χ1n) is 14.8. The van der Waals surface area contributed by atoms with E-state index in [1.807, 2.05) is 37.8 Å². The van der Waals surface area contributed by atoms with E-state index in [-0.39, 0.29) is 24.4 Å². The van der Waals surface area contributed by atoms with Crippen molar-refractivity contribution in [1.82, 2.24) is 25.4 Å². The zero-order chi connectivity index (χ0) is 30.3. The molecule has 0 aliphatic carbocycles. The summed E-state index contributed by atoms with van der Waals surface area (Å²) in [5.41, 5.74) is 6.79. The van der Waals surface area contributed by atoms with E-state index in [0.717, 1.165) is 51.8 Å². The number of fused-ring (bicyclic) bond motifs is 1. The van der Waals surface area contributed by atoms with Crippen LogP contribution >= 0.6 is 0 Å². The third kappa shape index (κ3) is 6.70. The van der Waals surface area contributed by atoms with Crippen molar-refractivity contribution in [2.45, 2.75) is 58.8 Å². The van der Waals surface area contributed by atoms with Crippen LogP contribution in [0.1, 0.15) is 69.8 Å². The van der Waals surface area contributed by atoms with E-state index < -0.39 is 0 Å². The lowest BCUT2D eigenvalue weighted by Gasteiger charge is -2.26. The molecular weight excluding hydrogens is 541 g/mol. The minimum Gasteiger partial charge on any atom is -0.381 e. The van der Waals surface area contributed by atoms with Crippen molar-refractivity contribution >= 4 is 41.8 Å². The van der Waals surface area contributed by atoms with Gasteiger partial charge in [0.2, 0.25) is 0 Å². The molecule has 0 unspecified atom stereocenters. The molecule has 0 saturated carbocycles. The number of aromatic nitrogens is 3. The summed E-state index contributed by atoms with van der Waals surface area (Å²) in [6, 6.07) is 14.6. The number of amides is 2. The van der Waals surface area contributed by atoms with E-state index in [4.69, 9.17) is 15.0 Å².